The molecule has 2 amide bonds. The molecule has 0 aliphatic carbocycles. The van der Waals surface area contributed by atoms with Crippen molar-refractivity contribution in [1.29, 1.82) is 0 Å². The quantitative estimate of drug-likeness (QED) is 0.865. The van der Waals surface area contributed by atoms with Crippen LogP contribution in [0.25, 0.3) is 0 Å². The molecule has 2 N–H and O–H groups in total. The molecule has 1 aromatic carbocycles. The molecule has 0 spiro atoms. The molecule has 1 aliphatic rings. The van der Waals surface area contributed by atoms with Crippen molar-refractivity contribution in [3.8, 4) is 0 Å². The largest absolute Gasteiger partial charge is 0.481 e. The molecule has 1 fully saturated rings. The number of amides is 2. The van der Waals surface area contributed by atoms with E-state index < -0.39 is 5.97 Å². The number of hydrogen-bond donors (Lipinski definition) is 2. The molecule has 1 heterocycles. The highest BCUT2D eigenvalue weighted by Crippen LogP contribution is 2.23. The monoisotopic (exact) mass is 354 g/mol. The van der Waals surface area contributed by atoms with Gasteiger partial charge in [-0.15, -0.1) is 0 Å². The van der Waals surface area contributed by atoms with Crippen LogP contribution in [0, 0.1) is 0 Å². The summed E-state index contributed by atoms with van der Waals surface area (Å²) in [4.78, 5) is 24.9. The van der Waals surface area contributed by atoms with E-state index >= 15 is 0 Å². The van der Waals surface area contributed by atoms with Crippen molar-refractivity contribution in [2.45, 2.75) is 38.1 Å². The number of carboxylic acids is 1. The standard InChI is InChI=1S/C15H19BrN2O3/c16-11-4-3-5-12(10-11)17-15(21)18-9-2-1-6-13(18)7-8-14(19)20/h3-5,10,13H,1-2,6-9H2,(H,17,21)(H,19,20). The van der Waals surface area contributed by atoms with E-state index in [1.807, 2.05) is 24.3 Å². The Morgan fingerprint density at radius 3 is 2.90 bits per heavy atom. The number of urea groups is 1. The number of nitrogens with zero attached hydrogens (tertiary/aromatic N) is 1. The number of halogens is 1. The summed E-state index contributed by atoms with van der Waals surface area (Å²) in [7, 11) is 0. The van der Waals surface area contributed by atoms with Crippen LogP contribution < -0.4 is 5.32 Å². The van der Waals surface area contributed by atoms with Crippen molar-refractivity contribution in [2.75, 3.05) is 11.9 Å². The van der Waals surface area contributed by atoms with Gasteiger partial charge in [-0.05, 0) is 43.9 Å². The van der Waals surface area contributed by atoms with Crippen LogP contribution in [0.2, 0.25) is 0 Å². The Hall–Kier alpha value is -1.56. The van der Waals surface area contributed by atoms with Gasteiger partial charge in [-0.25, -0.2) is 4.79 Å². The van der Waals surface area contributed by atoms with Crippen molar-refractivity contribution in [1.82, 2.24) is 4.90 Å². The summed E-state index contributed by atoms with van der Waals surface area (Å²) < 4.78 is 0.904. The van der Waals surface area contributed by atoms with Gasteiger partial charge in [0.15, 0.2) is 0 Å². The molecule has 0 bridgehead atoms. The lowest BCUT2D eigenvalue weighted by Gasteiger charge is -2.35. The van der Waals surface area contributed by atoms with Gasteiger partial charge in [-0.2, -0.15) is 0 Å². The highest BCUT2D eigenvalue weighted by molar-refractivity contribution is 9.10. The van der Waals surface area contributed by atoms with E-state index in [2.05, 4.69) is 21.2 Å². The molecular weight excluding hydrogens is 336 g/mol. The first-order chi connectivity index (χ1) is 10.1. The number of benzene rings is 1. The van der Waals surface area contributed by atoms with Crippen molar-refractivity contribution in [3.63, 3.8) is 0 Å². The summed E-state index contributed by atoms with van der Waals surface area (Å²) in [5.74, 6) is -0.812. The van der Waals surface area contributed by atoms with Crippen molar-refractivity contribution >= 4 is 33.6 Å². The van der Waals surface area contributed by atoms with Crippen LogP contribution in [-0.2, 0) is 4.79 Å². The van der Waals surface area contributed by atoms with Gasteiger partial charge < -0.3 is 15.3 Å². The summed E-state index contributed by atoms with van der Waals surface area (Å²) >= 11 is 3.37. The van der Waals surface area contributed by atoms with Crippen LogP contribution in [0.3, 0.4) is 0 Å². The van der Waals surface area contributed by atoms with Crippen LogP contribution >= 0.6 is 15.9 Å². The second-order valence-corrected chi connectivity index (χ2v) is 6.13. The number of nitrogens with one attached hydrogen (secondary N) is 1. The molecule has 114 valence electrons. The molecule has 1 atom stereocenters. The molecule has 21 heavy (non-hydrogen) atoms. The predicted molar refractivity (Wildman–Crippen MR) is 84.4 cm³/mol. The zero-order valence-electron chi connectivity index (χ0n) is 11.7. The molecule has 0 saturated carbocycles. The molecule has 0 radical (unpaired) electrons. The fourth-order valence-corrected chi connectivity index (χ4v) is 3.02. The van der Waals surface area contributed by atoms with E-state index in [0.29, 0.717) is 13.0 Å². The molecule has 5 nitrogen and oxygen atoms in total. The van der Waals surface area contributed by atoms with Crippen LogP contribution in [0.5, 0.6) is 0 Å². The van der Waals surface area contributed by atoms with Gasteiger partial charge >= 0.3 is 12.0 Å². The first-order valence-electron chi connectivity index (χ1n) is 7.11. The third kappa shape index (κ3) is 4.74. The van der Waals surface area contributed by atoms with Crippen LogP contribution in [-0.4, -0.2) is 34.6 Å². The highest BCUT2D eigenvalue weighted by atomic mass is 79.9. The molecule has 6 heteroatoms. The second kappa shape index (κ2) is 7.45. The first-order valence-corrected chi connectivity index (χ1v) is 7.90. The first kappa shape index (κ1) is 15.8. The minimum absolute atomic E-state index is 0.0157. The lowest BCUT2D eigenvalue weighted by molar-refractivity contribution is -0.137. The van der Waals surface area contributed by atoms with Gasteiger partial charge in [-0.3, -0.25) is 4.79 Å². The summed E-state index contributed by atoms with van der Waals surface area (Å²) in [6.45, 7) is 0.685. The molecule has 1 saturated heterocycles. The van der Waals surface area contributed by atoms with Gasteiger partial charge in [0, 0.05) is 29.2 Å². The summed E-state index contributed by atoms with van der Waals surface area (Å²) in [6, 6.07) is 7.29. The SMILES string of the molecule is O=C(O)CCC1CCCCN1C(=O)Nc1cccc(Br)c1. The number of carboxylic acid groups (broad SMARTS) is 1. The Labute approximate surface area is 132 Å². The van der Waals surface area contributed by atoms with Gasteiger partial charge in [0.05, 0.1) is 0 Å². The predicted octanol–water partition coefficient (Wildman–Crippen LogP) is 3.70. The van der Waals surface area contributed by atoms with Gasteiger partial charge in [0.2, 0.25) is 0 Å². The van der Waals surface area contributed by atoms with E-state index in [0.717, 1.165) is 29.4 Å². The Morgan fingerprint density at radius 2 is 2.19 bits per heavy atom. The third-order valence-electron chi connectivity index (χ3n) is 3.66. The van der Waals surface area contributed by atoms with Crippen molar-refractivity contribution < 1.29 is 14.7 Å². The Bertz CT molecular complexity index is 521. The normalized spacial score (nSPS) is 18.3. The number of hydrogen-bond acceptors (Lipinski definition) is 2. The smallest absolute Gasteiger partial charge is 0.322 e. The molecule has 1 aliphatic heterocycles. The third-order valence-corrected chi connectivity index (χ3v) is 4.15. The van der Waals surface area contributed by atoms with Crippen LogP contribution in [0.1, 0.15) is 32.1 Å². The number of aliphatic carboxylic acids is 1. The van der Waals surface area contributed by atoms with E-state index in [-0.39, 0.29) is 18.5 Å². The number of carbonyl (C=O) groups excluding carboxylic acids is 1. The van der Waals surface area contributed by atoms with Crippen LogP contribution in [0.4, 0.5) is 10.5 Å². The topological polar surface area (TPSA) is 69.6 Å². The van der Waals surface area contributed by atoms with E-state index in [1.54, 1.807) is 4.90 Å². The maximum atomic E-state index is 12.4. The Kier molecular flexibility index (Phi) is 5.61. The zero-order chi connectivity index (χ0) is 15.2. The number of rotatable bonds is 4. The number of likely N-dealkylation sites (tertiary alicyclic amines) is 1. The highest BCUT2D eigenvalue weighted by Gasteiger charge is 2.27. The average Bonchev–Trinajstić information content (AvgIpc) is 2.45. The zero-order valence-corrected chi connectivity index (χ0v) is 13.3. The summed E-state index contributed by atoms with van der Waals surface area (Å²) in [5, 5.41) is 11.7. The Balaban J connectivity index is 1.99. The maximum Gasteiger partial charge on any atom is 0.322 e. The molecular formula is C15H19BrN2O3. The number of carbonyl (C=O) groups is 2. The van der Waals surface area contributed by atoms with E-state index in [4.69, 9.17) is 5.11 Å². The molecule has 1 unspecified atom stereocenters. The number of piperidine rings is 1. The lowest BCUT2D eigenvalue weighted by atomic mass is 9.98. The van der Waals surface area contributed by atoms with Gasteiger partial charge in [-0.1, -0.05) is 22.0 Å². The van der Waals surface area contributed by atoms with Crippen LogP contribution in [0.15, 0.2) is 28.7 Å². The summed E-state index contributed by atoms with van der Waals surface area (Å²) in [5.41, 5.74) is 0.733. The second-order valence-electron chi connectivity index (χ2n) is 5.22. The number of anilines is 1. The average molecular weight is 355 g/mol. The maximum absolute atomic E-state index is 12.4. The minimum Gasteiger partial charge on any atom is -0.481 e. The van der Waals surface area contributed by atoms with Gasteiger partial charge in [0.25, 0.3) is 0 Å². The molecule has 1 aromatic rings. The fourth-order valence-electron chi connectivity index (χ4n) is 2.62. The van der Waals surface area contributed by atoms with E-state index in [1.165, 1.54) is 0 Å². The lowest BCUT2D eigenvalue weighted by Crippen LogP contribution is -2.46. The van der Waals surface area contributed by atoms with E-state index in [9.17, 15) is 9.59 Å². The fraction of sp³-hybridized carbons (Fsp3) is 0.467. The molecule has 0 aromatic heterocycles. The van der Waals surface area contributed by atoms with Crippen molar-refractivity contribution in [3.05, 3.63) is 28.7 Å². The summed E-state index contributed by atoms with van der Waals surface area (Å²) in [6.07, 6.45) is 3.51. The van der Waals surface area contributed by atoms with Gasteiger partial charge in [0.1, 0.15) is 0 Å². The Morgan fingerprint density at radius 1 is 1.38 bits per heavy atom. The minimum atomic E-state index is -0.812. The molecule has 2 rings (SSSR count). The van der Waals surface area contributed by atoms with Crippen molar-refractivity contribution in [2.24, 2.45) is 0 Å².